The van der Waals surface area contributed by atoms with Gasteiger partial charge in [-0.25, -0.2) is 4.39 Å². The fourth-order valence-corrected chi connectivity index (χ4v) is 1.86. The first kappa shape index (κ1) is 11.2. The van der Waals surface area contributed by atoms with Crippen molar-refractivity contribution in [3.05, 3.63) is 35.1 Å². The first-order valence-electron chi connectivity index (χ1n) is 5.33. The summed E-state index contributed by atoms with van der Waals surface area (Å²) in [4.78, 5) is 0. The molecule has 78 valence electrons. The Morgan fingerprint density at radius 3 is 2.43 bits per heavy atom. The molecule has 0 fully saturated rings. The van der Waals surface area contributed by atoms with E-state index in [1.165, 1.54) is 0 Å². The standard InChI is InChI=1S/C13H19F/c1-5-9(2)11(4)13-10(3)7-6-8-12(13)14/h6-9,11H,5H2,1-4H3. The maximum absolute atomic E-state index is 13.6. The van der Waals surface area contributed by atoms with Crippen LogP contribution in [0.3, 0.4) is 0 Å². The molecule has 0 bridgehead atoms. The molecule has 1 aromatic rings. The molecule has 2 atom stereocenters. The SMILES string of the molecule is CCC(C)C(C)c1c(C)cccc1F. The Morgan fingerprint density at radius 2 is 1.93 bits per heavy atom. The Hall–Kier alpha value is -0.850. The lowest BCUT2D eigenvalue weighted by Crippen LogP contribution is -2.08. The summed E-state index contributed by atoms with van der Waals surface area (Å²) < 4.78 is 13.6. The number of benzene rings is 1. The third kappa shape index (κ3) is 2.14. The zero-order chi connectivity index (χ0) is 10.7. The zero-order valence-corrected chi connectivity index (χ0v) is 9.47. The van der Waals surface area contributed by atoms with Gasteiger partial charge in [0.15, 0.2) is 0 Å². The third-order valence-corrected chi connectivity index (χ3v) is 3.22. The van der Waals surface area contributed by atoms with Crippen LogP contribution >= 0.6 is 0 Å². The molecule has 14 heavy (non-hydrogen) atoms. The summed E-state index contributed by atoms with van der Waals surface area (Å²) in [6.45, 7) is 8.42. The molecule has 0 aliphatic rings. The molecule has 0 spiro atoms. The molecule has 0 saturated heterocycles. The van der Waals surface area contributed by atoms with Gasteiger partial charge in [-0.3, -0.25) is 0 Å². The van der Waals surface area contributed by atoms with Crippen molar-refractivity contribution in [1.29, 1.82) is 0 Å². The van der Waals surface area contributed by atoms with Crippen LogP contribution in [0, 0.1) is 18.7 Å². The van der Waals surface area contributed by atoms with Crippen LogP contribution in [-0.2, 0) is 0 Å². The molecule has 0 aliphatic heterocycles. The van der Waals surface area contributed by atoms with Crippen LogP contribution in [0.4, 0.5) is 4.39 Å². The minimum Gasteiger partial charge on any atom is -0.207 e. The first-order chi connectivity index (χ1) is 6.57. The molecule has 0 N–H and O–H groups in total. The van der Waals surface area contributed by atoms with E-state index in [1.807, 2.05) is 13.0 Å². The largest absolute Gasteiger partial charge is 0.207 e. The molecule has 0 saturated carbocycles. The van der Waals surface area contributed by atoms with Crippen LogP contribution < -0.4 is 0 Å². The van der Waals surface area contributed by atoms with Gasteiger partial charge in [0.05, 0.1) is 0 Å². The summed E-state index contributed by atoms with van der Waals surface area (Å²) in [6, 6.07) is 5.32. The highest BCUT2D eigenvalue weighted by Crippen LogP contribution is 2.30. The number of aryl methyl sites for hydroxylation is 1. The van der Waals surface area contributed by atoms with E-state index in [0.717, 1.165) is 17.5 Å². The highest BCUT2D eigenvalue weighted by Gasteiger charge is 2.17. The molecule has 0 aliphatic carbocycles. The van der Waals surface area contributed by atoms with Crippen LogP contribution in [-0.4, -0.2) is 0 Å². The molecule has 1 heteroatoms. The first-order valence-corrected chi connectivity index (χ1v) is 5.33. The normalized spacial score (nSPS) is 15.2. The van der Waals surface area contributed by atoms with Crippen LogP contribution in [0.1, 0.15) is 44.2 Å². The molecular weight excluding hydrogens is 175 g/mol. The Morgan fingerprint density at radius 1 is 1.29 bits per heavy atom. The van der Waals surface area contributed by atoms with Crippen LogP contribution in [0.15, 0.2) is 18.2 Å². The lowest BCUT2D eigenvalue weighted by molar-refractivity contribution is 0.452. The molecule has 0 amide bonds. The summed E-state index contributed by atoms with van der Waals surface area (Å²) in [5.74, 6) is 0.782. The van der Waals surface area contributed by atoms with Crippen molar-refractivity contribution in [2.24, 2.45) is 5.92 Å². The van der Waals surface area contributed by atoms with Crippen molar-refractivity contribution in [2.75, 3.05) is 0 Å². The number of halogens is 1. The Balaban J connectivity index is 3.05. The number of rotatable bonds is 3. The maximum Gasteiger partial charge on any atom is 0.126 e. The Kier molecular flexibility index (Phi) is 3.68. The molecule has 2 unspecified atom stereocenters. The van der Waals surface area contributed by atoms with Gasteiger partial charge in [0.25, 0.3) is 0 Å². The van der Waals surface area contributed by atoms with Crippen molar-refractivity contribution >= 4 is 0 Å². The lowest BCUT2D eigenvalue weighted by atomic mass is 9.85. The van der Waals surface area contributed by atoms with Gasteiger partial charge in [-0.2, -0.15) is 0 Å². The smallest absolute Gasteiger partial charge is 0.126 e. The summed E-state index contributed by atoms with van der Waals surface area (Å²) in [7, 11) is 0. The second-order valence-corrected chi connectivity index (χ2v) is 4.14. The summed E-state index contributed by atoms with van der Waals surface area (Å²) in [5, 5.41) is 0. The summed E-state index contributed by atoms with van der Waals surface area (Å²) in [6.07, 6.45) is 1.09. The fraction of sp³-hybridized carbons (Fsp3) is 0.538. The van der Waals surface area contributed by atoms with Gasteiger partial charge >= 0.3 is 0 Å². The van der Waals surface area contributed by atoms with Gasteiger partial charge in [0.2, 0.25) is 0 Å². The van der Waals surface area contributed by atoms with Crippen molar-refractivity contribution in [2.45, 2.75) is 40.0 Å². The van der Waals surface area contributed by atoms with Crippen molar-refractivity contribution in [1.82, 2.24) is 0 Å². The van der Waals surface area contributed by atoms with Crippen LogP contribution in [0.25, 0.3) is 0 Å². The molecule has 1 rings (SSSR count). The second-order valence-electron chi connectivity index (χ2n) is 4.14. The van der Waals surface area contributed by atoms with Crippen molar-refractivity contribution in [3.8, 4) is 0 Å². The van der Waals surface area contributed by atoms with E-state index in [2.05, 4.69) is 20.8 Å². The predicted molar refractivity (Wildman–Crippen MR) is 59.0 cm³/mol. The minimum atomic E-state index is -0.0576. The Bertz CT molecular complexity index is 284. The second kappa shape index (κ2) is 4.59. The van der Waals surface area contributed by atoms with Gasteiger partial charge in [-0.15, -0.1) is 0 Å². The quantitative estimate of drug-likeness (QED) is 0.673. The fourth-order valence-electron chi connectivity index (χ4n) is 1.86. The van der Waals surface area contributed by atoms with Gasteiger partial charge < -0.3 is 0 Å². The van der Waals surface area contributed by atoms with E-state index >= 15 is 0 Å². The summed E-state index contributed by atoms with van der Waals surface area (Å²) >= 11 is 0. The molecule has 0 nitrogen and oxygen atoms in total. The third-order valence-electron chi connectivity index (χ3n) is 3.22. The van der Waals surface area contributed by atoms with Crippen LogP contribution in [0.5, 0.6) is 0 Å². The van der Waals surface area contributed by atoms with Gasteiger partial charge in [-0.05, 0) is 36.0 Å². The van der Waals surface area contributed by atoms with Crippen LogP contribution in [0.2, 0.25) is 0 Å². The average molecular weight is 194 g/mol. The summed E-state index contributed by atoms with van der Waals surface area (Å²) in [5.41, 5.74) is 1.96. The van der Waals surface area contributed by atoms with Crippen molar-refractivity contribution in [3.63, 3.8) is 0 Å². The molecule has 0 aromatic heterocycles. The number of hydrogen-bond donors (Lipinski definition) is 0. The van der Waals surface area contributed by atoms with Gasteiger partial charge in [0.1, 0.15) is 5.82 Å². The van der Waals surface area contributed by atoms with E-state index in [9.17, 15) is 4.39 Å². The van der Waals surface area contributed by atoms with E-state index in [1.54, 1.807) is 12.1 Å². The monoisotopic (exact) mass is 194 g/mol. The molecule has 0 heterocycles. The van der Waals surface area contributed by atoms with E-state index < -0.39 is 0 Å². The molecule has 1 aromatic carbocycles. The minimum absolute atomic E-state index is 0.0576. The zero-order valence-electron chi connectivity index (χ0n) is 9.47. The number of hydrogen-bond acceptors (Lipinski definition) is 0. The predicted octanol–water partition coefficient (Wildman–Crippen LogP) is 4.28. The highest BCUT2D eigenvalue weighted by molar-refractivity contribution is 5.30. The lowest BCUT2D eigenvalue weighted by Gasteiger charge is -2.21. The van der Waals surface area contributed by atoms with E-state index in [-0.39, 0.29) is 5.82 Å². The topological polar surface area (TPSA) is 0 Å². The van der Waals surface area contributed by atoms with E-state index in [0.29, 0.717) is 11.8 Å². The maximum atomic E-state index is 13.6. The Labute approximate surface area is 86.2 Å². The van der Waals surface area contributed by atoms with Gasteiger partial charge in [0, 0.05) is 0 Å². The van der Waals surface area contributed by atoms with Crippen molar-refractivity contribution < 1.29 is 4.39 Å². The van der Waals surface area contributed by atoms with E-state index in [4.69, 9.17) is 0 Å². The average Bonchev–Trinajstić information content (AvgIpc) is 2.16. The molecular formula is C13H19F. The highest BCUT2D eigenvalue weighted by atomic mass is 19.1. The molecule has 0 radical (unpaired) electrons. The van der Waals surface area contributed by atoms with Gasteiger partial charge in [-0.1, -0.05) is 39.3 Å².